The molecular formula is C26H20ClF2N5O3. The van der Waals surface area contributed by atoms with E-state index in [1.54, 1.807) is 54.2 Å². The van der Waals surface area contributed by atoms with E-state index in [1.165, 1.54) is 6.07 Å². The average molecular weight is 524 g/mol. The molecule has 0 saturated carbocycles. The summed E-state index contributed by atoms with van der Waals surface area (Å²) in [6, 6.07) is 8.92. The van der Waals surface area contributed by atoms with Gasteiger partial charge in [0.25, 0.3) is 5.56 Å². The lowest BCUT2D eigenvalue weighted by Crippen LogP contribution is -2.31. The molecule has 1 aliphatic heterocycles. The molecule has 1 N–H and O–H groups in total. The number of halogens is 3. The number of alkyl halides is 1. The van der Waals surface area contributed by atoms with Crippen LogP contribution in [0.2, 0.25) is 5.02 Å². The molecule has 1 fully saturated rings. The van der Waals surface area contributed by atoms with Gasteiger partial charge in [0.05, 0.1) is 28.7 Å². The molecule has 2 unspecified atom stereocenters. The van der Waals surface area contributed by atoms with Crippen LogP contribution in [0.1, 0.15) is 18.3 Å². The Labute approximate surface area is 213 Å². The van der Waals surface area contributed by atoms with E-state index in [2.05, 4.69) is 19.9 Å². The lowest BCUT2D eigenvalue weighted by Gasteiger charge is -2.29. The van der Waals surface area contributed by atoms with Crippen molar-refractivity contribution in [2.24, 2.45) is 0 Å². The molecule has 0 spiro atoms. The third-order valence-corrected chi connectivity index (χ3v) is 6.79. The number of fused-ring (bicyclic) bond motifs is 3. The van der Waals surface area contributed by atoms with Crippen LogP contribution in [-0.4, -0.2) is 43.9 Å². The van der Waals surface area contributed by atoms with Crippen molar-refractivity contribution in [1.82, 2.24) is 24.5 Å². The van der Waals surface area contributed by atoms with Crippen LogP contribution >= 0.6 is 11.6 Å². The Balaban J connectivity index is 1.51. The third-order valence-electron chi connectivity index (χ3n) is 6.48. The number of hydrogen-bond donors (Lipinski definition) is 1. The van der Waals surface area contributed by atoms with Crippen LogP contribution in [0.25, 0.3) is 33.1 Å². The molecule has 1 saturated heterocycles. The molecule has 37 heavy (non-hydrogen) atoms. The van der Waals surface area contributed by atoms with Gasteiger partial charge >= 0.3 is 6.01 Å². The first kappa shape index (κ1) is 23.5. The highest BCUT2D eigenvalue weighted by Crippen LogP contribution is 2.38. The van der Waals surface area contributed by atoms with Gasteiger partial charge in [-0.3, -0.25) is 4.79 Å². The molecule has 2 atom stereocenters. The number of hydrogen-bond acceptors (Lipinski definition) is 6. The van der Waals surface area contributed by atoms with Crippen LogP contribution in [0, 0.1) is 12.7 Å². The van der Waals surface area contributed by atoms with E-state index >= 15 is 4.39 Å². The first-order chi connectivity index (χ1) is 17.9. The summed E-state index contributed by atoms with van der Waals surface area (Å²) in [4.78, 5) is 28.0. The van der Waals surface area contributed by atoms with Gasteiger partial charge in [-0.05, 0) is 43.7 Å². The highest BCUT2D eigenvalue weighted by Gasteiger charge is 2.31. The summed E-state index contributed by atoms with van der Waals surface area (Å²) >= 11 is 6.55. The van der Waals surface area contributed by atoms with Crippen LogP contribution in [0.5, 0.6) is 11.8 Å². The first-order valence-corrected chi connectivity index (χ1v) is 12.0. The smallest absolute Gasteiger partial charge is 0.321 e. The monoisotopic (exact) mass is 523 g/mol. The Kier molecular flexibility index (Phi) is 5.85. The van der Waals surface area contributed by atoms with Crippen LogP contribution in [0.4, 0.5) is 8.78 Å². The highest BCUT2D eigenvalue weighted by molar-refractivity contribution is 6.33. The summed E-state index contributed by atoms with van der Waals surface area (Å²) in [5.41, 5.74) is 1.05. The summed E-state index contributed by atoms with van der Waals surface area (Å²) in [6.45, 7) is 2.08. The van der Waals surface area contributed by atoms with Crippen LogP contribution in [0.3, 0.4) is 0 Å². The minimum Gasteiger partial charge on any atom is -0.424 e. The van der Waals surface area contributed by atoms with E-state index in [9.17, 15) is 9.18 Å². The first-order valence-electron chi connectivity index (χ1n) is 11.6. The third kappa shape index (κ3) is 4.11. The normalized spacial score (nSPS) is 17.9. The van der Waals surface area contributed by atoms with Gasteiger partial charge in [0.1, 0.15) is 23.6 Å². The van der Waals surface area contributed by atoms with Gasteiger partial charge < -0.3 is 19.0 Å². The topological polar surface area (TPSA) is 94.9 Å². The lowest BCUT2D eigenvalue weighted by atomic mass is 10.0. The van der Waals surface area contributed by atoms with Crippen molar-refractivity contribution in [3.8, 4) is 22.9 Å². The fourth-order valence-corrected chi connectivity index (χ4v) is 5.10. The zero-order valence-electron chi connectivity index (χ0n) is 19.5. The van der Waals surface area contributed by atoms with Crippen molar-refractivity contribution in [2.45, 2.75) is 25.6 Å². The highest BCUT2D eigenvalue weighted by atomic mass is 35.5. The van der Waals surface area contributed by atoms with Gasteiger partial charge in [-0.2, -0.15) is 0 Å². The van der Waals surface area contributed by atoms with E-state index < -0.39 is 23.6 Å². The number of aromatic amines is 1. The second-order valence-electron chi connectivity index (χ2n) is 8.78. The molecule has 8 nitrogen and oxygen atoms in total. The van der Waals surface area contributed by atoms with Crippen LogP contribution in [0.15, 0.2) is 53.6 Å². The van der Waals surface area contributed by atoms with E-state index in [-0.39, 0.29) is 34.2 Å². The number of aryl methyl sites for hydroxylation is 1. The predicted octanol–water partition coefficient (Wildman–Crippen LogP) is 5.53. The standard InChI is InChI=1S/C26H20ClF2N5O3/c1-13-32-23-24(34(13)22-5-8-36-12-20(22)29)17-10-16(19(28)11-21(17)33-25(23)35)15-4-3-14(9-18(15)27)37-26-30-6-2-7-31-26/h2-4,6-7,9-11,20,22H,5,8,12H2,1H3,(H,33,35). The summed E-state index contributed by atoms with van der Waals surface area (Å²) in [7, 11) is 0. The maximum Gasteiger partial charge on any atom is 0.321 e. The number of rotatable bonds is 4. The van der Waals surface area contributed by atoms with Crippen molar-refractivity contribution in [1.29, 1.82) is 0 Å². The van der Waals surface area contributed by atoms with E-state index in [0.29, 0.717) is 41.1 Å². The molecule has 1 aliphatic rings. The van der Waals surface area contributed by atoms with E-state index in [1.807, 2.05) is 0 Å². The van der Waals surface area contributed by atoms with E-state index in [0.717, 1.165) is 0 Å². The molecule has 0 bridgehead atoms. The largest absolute Gasteiger partial charge is 0.424 e. The molecule has 0 amide bonds. The molecule has 0 radical (unpaired) electrons. The van der Waals surface area contributed by atoms with Crippen LogP contribution < -0.4 is 10.3 Å². The molecule has 0 aliphatic carbocycles. The molecule has 4 heterocycles. The van der Waals surface area contributed by atoms with Gasteiger partial charge in [-0.25, -0.2) is 23.7 Å². The molecule has 2 aromatic carbocycles. The Bertz CT molecular complexity index is 1710. The predicted molar refractivity (Wildman–Crippen MR) is 134 cm³/mol. The van der Waals surface area contributed by atoms with Gasteiger partial charge in [-0.15, -0.1) is 0 Å². The summed E-state index contributed by atoms with van der Waals surface area (Å²) in [5.74, 6) is 0.299. The number of H-pyrrole nitrogens is 1. The zero-order chi connectivity index (χ0) is 25.7. The minimum absolute atomic E-state index is 0.0389. The Morgan fingerprint density at radius 1 is 1.19 bits per heavy atom. The maximum atomic E-state index is 15.4. The molecule has 3 aromatic heterocycles. The maximum absolute atomic E-state index is 15.4. The number of ether oxygens (including phenoxy) is 2. The molecular weight excluding hydrogens is 504 g/mol. The summed E-state index contributed by atoms with van der Waals surface area (Å²) in [6.07, 6.45) is 2.25. The summed E-state index contributed by atoms with van der Waals surface area (Å²) in [5, 5.41) is 0.768. The second kappa shape index (κ2) is 9.20. The average Bonchev–Trinajstić information content (AvgIpc) is 3.23. The summed E-state index contributed by atoms with van der Waals surface area (Å²) < 4.78 is 42.9. The lowest BCUT2D eigenvalue weighted by molar-refractivity contribution is 0.00394. The molecule has 6 rings (SSSR count). The van der Waals surface area contributed by atoms with Crippen molar-refractivity contribution >= 4 is 33.5 Å². The fraction of sp³-hybridized carbons (Fsp3) is 0.231. The number of aromatic nitrogens is 5. The van der Waals surface area contributed by atoms with E-state index in [4.69, 9.17) is 21.1 Å². The quantitative estimate of drug-likeness (QED) is 0.333. The Hall–Kier alpha value is -3.89. The number of nitrogens with zero attached hydrogens (tertiary/aromatic N) is 4. The van der Waals surface area contributed by atoms with Gasteiger partial charge in [0.2, 0.25) is 0 Å². The molecule has 11 heteroatoms. The van der Waals surface area contributed by atoms with Gasteiger partial charge in [0, 0.05) is 41.6 Å². The fourth-order valence-electron chi connectivity index (χ4n) is 4.83. The van der Waals surface area contributed by atoms with Crippen molar-refractivity contribution in [3.63, 3.8) is 0 Å². The van der Waals surface area contributed by atoms with Crippen LogP contribution in [-0.2, 0) is 4.74 Å². The zero-order valence-corrected chi connectivity index (χ0v) is 20.3. The Morgan fingerprint density at radius 3 is 2.76 bits per heavy atom. The van der Waals surface area contributed by atoms with Crippen molar-refractivity contribution in [3.05, 3.63) is 75.8 Å². The number of imidazole rings is 1. The Morgan fingerprint density at radius 2 is 2.00 bits per heavy atom. The van der Waals surface area contributed by atoms with Gasteiger partial charge in [0.15, 0.2) is 5.52 Å². The molecule has 5 aromatic rings. The number of nitrogens with one attached hydrogen (secondary N) is 1. The second-order valence-corrected chi connectivity index (χ2v) is 9.19. The number of benzene rings is 2. The van der Waals surface area contributed by atoms with Crippen molar-refractivity contribution in [2.75, 3.05) is 13.2 Å². The minimum atomic E-state index is -1.27. The SMILES string of the molecule is Cc1nc2c(=O)[nH]c3cc(F)c(-c4ccc(Oc5ncccn5)cc4Cl)cc3c2n1C1CCOCC1F. The number of pyridine rings is 1. The van der Waals surface area contributed by atoms with Crippen molar-refractivity contribution < 1.29 is 18.3 Å². The van der Waals surface area contributed by atoms with Gasteiger partial charge in [-0.1, -0.05) is 11.6 Å². The molecule has 188 valence electrons.